The predicted octanol–water partition coefficient (Wildman–Crippen LogP) is 3.42. The van der Waals surface area contributed by atoms with E-state index in [0.717, 1.165) is 36.7 Å². The monoisotopic (exact) mass is 390 g/mol. The summed E-state index contributed by atoms with van der Waals surface area (Å²) in [6, 6.07) is 11.6. The highest BCUT2D eigenvalue weighted by molar-refractivity contribution is 7.92. The Labute approximate surface area is 161 Å². The van der Waals surface area contributed by atoms with E-state index in [9.17, 15) is 8.42 Å². The lowest BCUT2D eigenvalue weighted by Crippen LogP contribution is -2.30. The Morgan fingerprint density at radius 1 is 1.04 bits per heavy atom. The van der Waals surface area contributed by atoms with E-state index in [2.05, 4.69) is 15.7 Å². The molecule has 0 aromatic heterocycles. The molecule has 0 bridgehead atoms. The van der Waals surface area contributed by atoms with Gasteiger partial charge in [-0.2, -0.15) is 0 Å². The van der Waals surface area contributed by atoms with E-state index in [1.54, 1.807) is 14.2 Å². The fraction of sp³-hybridized carbons (Fsp3) is 0.400. The Balaban J connectivity index is 1.75. The third-order valence-corrected chi connectivity index (χ3v) is 6.19. The van der Waals surface area contributed by atoms with Crippen LogP contribution < -0.4 is 19.1 Å². The minimum absolute atomic E-state index is 0.128. The van der Waals surface area contributed by atoms with Crippen LogP contribution in [0.1, 0.15) is 24.5 Å². The molecule has 0 atom stereocenters. The van der Waals surface area contributed by atoms with Crippen molar-refractivity contribution in [2.75, 3.05) is 36.1 Å². The standard InChI is InChI=1S/C20H26N2O4S/c1-4-11-27(23,24)21-17-5-7-18(8-6-17)22-10-9-15-12-19(25-2)20(26-3)13-16(15)14-22/h5-8,12-13,21H,4,9-11,14H2,1-3H3. The molecule has 0 unspecified atom stereocenters. The molecule has 1 N–H and O–H groups in total. The van der Waals surface area contributed by atoms with Gasteiger partial charge in [-0.05, 0) is 60.4 Å². The molecule has 0 saturated heterocycles. The molecule has 0 radical (unpaired) electrons. The van der Waals surface area contributed by atoms with Crippen molar-refractivity contribution in [3.63, 3.8) is 0 Å². The van der Waals surface area contributed by atoms with Crippen LogP contribution in [0.25, 0.3) is 0 Å². The van der Waals surface area contributed by atoms with Gasteiger partial charge in [0.25, 0.3) is 0 Å². The first-order valence-corrected chi connectivity index (χ1v) is 10.7. The number of nitrogens with zero attached hydrogens (tertiary/aromatic N) is 1. The van der Waals surface area contributed by atoms with Crippen LogP contribution in [0, 0.1) is 0 Å². The Morgan fingerprint density at radius 3 is 2.26 bits per heavy atom. The highest BCUT2D eigenvalue weighted by Gasteiger charge is 2.20. The summed E-state index contributed by atoms with van der Waals surface area (Å²) in [5.41, 5.74) is 4.14. The van der Waals surface area contributed by atoms with Gasteiger partial charge in [-0.3, -0.25) is 4.72 Å². The van der Waals surface area contributed by atoms with Crippen LogP contribution in [0.5, 0.6) is 11.5 Å². The summed E-state index contributed by atoms with van der Waals surface area (Å²) in [4.78, 5) is 2.28. The maximum Gasteiger partial charge on any atom is 0.232 e. The van der Waals surface area contributed by atoms with Crippen LogP contribution in [-0.4, -0.2) is 34.9 Å². The number of rotatable bonds is 7. The fourth-order valence-corrected chi connectivity index (χ4v) is 4.48. The lowest BCUT2D eigenvalue weighted by atomic mass is 9.98. The van der Waals surface area contributed by atoms with Crippen molar-refractivity contribution >= 4 is 21.4 Å². The maximum atomic E-state index is 11.9. The first-order valence-electron chi connectivity index (χ1n) is 9.05. The Hall–Kier alpha value is -2.41. The number of anilines is 2. The van der Waals surface area contributed by atoms with Crippen LogP contribution in [0.2, 0.25) is 0 Å². The summed E-state index contributed by atoms with van der Waals surface area (Å²) in [6.07, 6.45) is 1.51. The molecule has 0 fully saturated rings. The smallest absolute Gasteiger partial charge is 0.232 e. The minimum Gasteiger partial charge on any atom is -0.493 e. The first kappa shape index (κ1) is 19.4. The molecular formula is C20H26N2O4S. The van der Waals surface area contributed by atoms with Gasteiger partial charge in [-0.1, -0.05) is 6.92 Å². The SMILES string of the molecule is CCCS(=O)(=O)Nc1ccc(N2CCc3cc(OC)c(OC)cc3C2)cc1. The highest BCUT2D eigenvalue weighted by Crippen LogP contribution is 2.34. The largest absolute Gasteiger partial charge is 0.493 e. The number of ether oxygens (including phenoxy) is 2. The number of methoxy groups -OCH3 is 2. The van der Waals surface area contributed by atoms with Crippen molar-refractivity contribution in [2.45, 2.75) is 26.3 Å². The van der Waals surface area contributed by atoms with Crippen molar-refractivity contribution in [3.05, 3.63) is 47.5 Å². The van der Waals surface area contributed by atoms with Gasteiger partial charge in [0.15, 0.2) is 11.5 Å². The minimum atomic E-state index is -3.27. The van der Waals surface area contributed by atoms with Crippen LogP contribution in [0.4, 0.5) is 11.4 Å². The number of nitrogens with one attached hydrogen (secondary N) is 1. The van der Waals surface area contributed by atoms with E-state index in [1.807, 2.05) is 37.3 Å². The first-order chi connectivity index (χ1) is 13.0. The molecule has 2 aromatic carbocycles. The van der Waals surface area contributed by atoms with Crippen molar-refractivity contribution in [3.8, 4) is 11.5 Å². The quantitative estimate of drug-likeness (QED) is 0.785. The second kappa shape index (κ2) is 8.08. The van der Waals surface area contributed by atoms with Crippen LogP contribution in [-0.2, 0) is 23.0 Å². The summed E-state index contributed by atoms with van der Waals surface area (Å²) in [5.74, 6) is 1.62. The number of benzene rings is 2. The Kier molecular flexibility index (Phi) is 5.79. The third kappa shape index (κ3) is 4.47. The zero-order chi connectivity index (χ0) is 19.4. The van der Waals surface area contributed by atoms with Crippen molar-refractivity contribution in [1.29, 1.82) is 0 Å². The number of fused-ring (bicyclic) bond motifs is 1. The Morgan fingerprint density at radius 2 is 1.67 bits per heavy atom. The van der Waals surface area contributed by atoms with E-state index in [4.69, 9.17) is 9.47 Å². The van der Waals surface area contributed by atoms with Gasteiger partial charge in [-0.15, -0.1) is 0 Å². The molecule has 3 rings (SSSR count). The lowest BCUT2D eigenvalue weighted by Gasteiger charge is -2.31. The normalized spacial score (nSPS) is 13.8. The fourth-order valence-electron chi connectivity index (χ4n) is 3.34. The van der Waals surface area contributed by atoms with Gasteiger partial charge in [-0.25, -0.2) is 8.42 Å². The zero-order valence-corrected chi connectivity index (χ0v) is 16.8. The number of hydrogen-bond donors (Lipinski definition) is 1. The molecule has 0 saturated carbocycles. The maximum absolute atomic E-state index is 11.9. The summed E-state index contributed by atoms with van der Waals surface area (Å²) < 4.78 is 37.2. The van der Waals surface area contributed by atoms with Gasteiger partial charge < -0.3 is 14.4 Å². The molecule has 27 heavy (non-hydrogen) atoms. The second-order valence-electron chi connectivity index (χ2n) is 6.62. The molecule has 7 heteroatoms. The second-order valence-corrected chi connectivity index (χ2v) is 8.46. The molecule has 0 amide bonds. The van der Waals surface area contributed by atoms with Crippen LogP contribution >= 0.6 is 0 Å². The third-order valence-electron chi connectivity index (χ3n) is 4.70. The molecule has 6 nitrogen and oxygen atoms in total. The molecule has 2 aromatic rings. The molecule has 1 aliphatic heterocycles. The zero-order valence-electron chi connectivity index (χ0n) is 16.0. The predicted molar refractivity (Wildman–Crippen MR) is 108 cm³/mol. The Bertz CT molecular complexity index is 895. The van der Waals surface area contributed by atoms with Gasteiger partial charge >= 0.3 is 0 Å². The molecule has 146 valence electrons. The van der Waals surface area contributed by atoms with Gasteiger partial charge in [0.05, 0.1) is 20.0 Å². The van der Waals surface area contributed by atoms with Crippen molar-refractivity contribution in [1.82, 2.24) is 0 Å². The molecule has 0 aliphatic carbocycles. The van der Waals surface area contributed by atoms with Crippen LogP contribution in [0.15, 0.2) is 36.4 Å². The van der Waals surface area contributed by atoms with Crippen molar-refractivity contribution < 1.29 is 17.9 Å². The van der Waals surface area contributed by atoms with Gasteiger partial charge in [0.1, 0.15) is 0 Å². The summed E-state index contributed by atoms with van der Waals surface area (Å²) in [5, 5.41) is 0. The molecule has 0 spiro atoms. The summed E-state index contributed by atoms with van der Waals surface area (Å²) >= 11 is 0. The van der Waals surface area contributed by atoms with E-state index in [-0.39, 0.29) is 5.75 Å². The van der Waals surface area contributed by atoms with E-state index in [0.29, 0.717) is 12.1 Å². The average Bonchev–Trinajstić information content (AvgIpc) is 2.66. The summed E-state index contributed by atoms with van der Waals surface area (Å²) in [7, 11) is 0.0244. The molecular weight excluding hydrogens is 364 g/mol. The molecule has 1 heterocycles. The topological polar surface area (TPSA) is 67.9 Å². The van der Waals surface area contributed by atoms with E-state index in [1.165, 1.54) is 11.1 Å². The number of hydrogen-bond acceptors (Lipinski definition) is 5. The van der Waals surface area contributed by atoms with E-state index < -0.39 is 10.0 Å². The van der Waals surface area contributed by atoms with Crippen molar-refractivity contribution in [2.24, 2.45) is 0 Å². The average molecular weight is 391 g/mol. The van der Waals surface area contributed by atoms with E-state index >= 15 is 0 Å². The molecule has 1 aliphatic rings. The summed E-state index contributed by atoms with van der Waals surface area (Å²) in [6.45, 7) is 3.51. The van der Waals surface area contributed by atoms with Gasteiger partial charge in [0.2, 0.25) is 10.0 Å². The van der Waals surface area contributed by atoms with Gasteiger partial charge in [0, 0.05) is 24.5 Å². The van der Waals surface area contributed by atoms with Crippen LogP contribution in [0.3, 0.4) is 0 Å². The lowest BCUT2D eigenvalue weighted by molar-refractivity contribution is 0.353. The number of sulfonamides is 1. The highest BCUT2D eigenvalue weighted by atomic mass is 32.2.